The van der Waals surface area contributed by atoms with Crippen LogP contribution in [-0.4, -0.2) is 24.9 Å². The van der Waals surface area contributed by atoms with Crippen molar-refractivity contribution in [2.24, 2.45) is 0 Å². The first-order valence-electron chi connectivity index (χ1n) is 6.22. The van der Waals surface area contributed by atoms with Gasteiger partial charge in [-0.05, 0) is 32.5 Å². The Bertz CT molecular complexity index is 425. The van der Waals surface area contributed by atoms with Gasteiger partial charge in [-0.25, -0.2) is 0 Å². The van der Waals surface area contributed by atoms with Crippen LogP contribution in [0.2, 0.25) is 0 Å². The summed E-state index contributed by atoms with van der Waals surface area (Å²) in [6.45, 7) is 6.32. The van der Waals surface area contributed by atoms with Crippen LogP contribution < -0.4 is 20.1 Å². The van der Waals surface area contributed by atoms with Gasteiger partial charge >= 0.3 is 0 Å². The third-order valence-corrected chi connectivity index (χ3v) is 3.15. The maximum Gasteiger partial charge on any atom is 0.171 e. The lowest BCUT2D eigenvalue weighted by Gasteiger charge is -2.26. The summed E-state index contributed by atoms with van der Waals surface area (Å²) in [6.07, 6.45) is 0.982. The topological polar surface area (TPSA) is 42.5 Å². The predicted octanol–water partition coefficient (Wildman–Crippen LogP) is 3.18. The molecule has 0 unspecified atom stereocenters. The van der Waals surface area contributed by atoms with E-state index in [-0.39, 0.29) is 5.54 Å². The van der Waals surface area contributed by atoms with Crippen molar-refractivity contribution in [3.05, 3.63) is 18.2 Å². The van der Waals surface area contributed by atoms with E-state index < -0.39 is 0 Å². The van der Waals surface area contributed by atoms with Crippen molar-refractivity contribution in [2.45, 2.75) is 32.7 Å². The zero-order chi connectivity index (χ0) is 14.5. The molecule has 4 nitrogen and oxygen atoms in total. The van der Waals surface area contributed by atoms with Crippen molar-refractivity contribution in [1.29, 1.82) is 0 Å². The maximum atomic E-state index is 5.31. The molecule has 0 spiro atoms. The zero-order valence-corrected chi connectivity index (χ0v) is 13.0. The Morgan fingerprint density at radius 1 is 1.16 bits per heavy atom. The number of rotatable bonds is 5. The third-order valence-electron chi connectivity index (χ3n) is 2.95. The normalized spacial score (nSPS) is 10.8. The molecule has 0 aliphatic carbocycles. The Labute approximate surface area is 120 Å². The van der Waals surface area contributed by atoms with Gasteiger partial charge in [-0.1, -0.05) is 6.92 Å². The van der Waals surface area contributed by atoms with E-state index in [4.69, 9.17) is 21.7 Å². The van der Waals surface area contributed by atoms with Crippen LogP contribution in [0.15, 0.2) is 18.2 Å². The number of ether oxygens (including phenoxy) is 2. The molecule has 1 aromatic carbocycles. The highest BCUT2D eigenvalue weighted by Crippen LogP contribution is 2.25. The second kappa shape index (κ2) is 6.61. The van der Waals surface area contributed by atoms with Crippen LogP contribution in [0.3, 0.4) is 0 Å². The molecule has 106 valence electrons. The van der Waals surface area contributed by atoms with Gasteiger partial charge in [0.1, 0.15) is 11.5 Å². The quantitative estimate of drug-likeness (QED) is 0.812. The molecule has 0 saturated heterocycles. The molecule has 0 atom stereocenters. The Kier molecular flexibility index (Phi) is 5.42. The zero-order valence-electron chi connectivity index (χ0n) is 12.2. The monoisotopic (exact) mass is 282 g/mol. The van der Waals surface area contributed by atoms with Crippen molar-refractivity contribution in [2.75, 3.05) is 19.5 Å². The first-order chi connectivity index (χ1) is 8.90. The van der Waals surface area contributed by atoms with Gasteiger partial charge in [0.2, 0.25) is 0 Å². The molecule has 0 fully saturated rings. The molecule has 1 rings (SSSR count). The first kappa shape index (κ1) is 15.6. The van der Waals surface area contributed by atoms with Gasteiger partial charge in [0, 0.05) is 29.4 Å². The summed E-state index contributed by atoms with van der Waals surface area (Å²) in [5.74, 6) is 1.44. The Hall–Kier alpha value is -1.49. The fraction of sp³-hybridized carbons (Fsp3) is 0.500. The second-order valence-corrected chi connectivity index (χ2v) is 5.33. The molecule has 5 heteroatoms. The van der Waals surface area contributed by atoms with Crippen LogP contribution in [0.1, 0.15) is 27.2 Å². The molecule has 0 amide bonds. The van der Waals surface area contributed by atoms with Crippen LogP contribution in [0.25, 0.3) is 0 Å². The molecule has 0 aromatic heterocycles. The highest BCUT2D eigenvalue weighted by atomic mass is 32.1. The van der Waals surface area contributed by atoms with E-state index in [1.165, 1.54) is 0 Å². The van der Waals surface area contributed by atoms with E-state index in [0.717, 1.165) is 23.6 Å². The molecule has 0 heterocycles. The first-order valence-corrected chi connectivity index (χ1v) is 6.63. The molecule has 19 heavy (non-hydrogen) atoms. The Morgan fingerprint density at radius 2 is 1.68 bits per heavy atom. The molecule has 0 radical (unpaired) electrons. The summed E-state index contributed by atoms with van der Waals surface area (Å²) in [7, 11) is 3.24. The molecule has 0 bridgehead atoms. The molecule has 0 aliphatic heterocycles. The minimum atomic E-state index is -0.0347. The molecule has 1 aromatic rings. The van der Waals surface area contributed by atoms with Crippen molar-refractivity contribution < 1.29 is 9.47 Å². The van der Waals surface area contributed by atoms with E-state index in [2.05, 4.69) is 31.4 Å². The van der Waals surface area contributed by atoms with E-state index in [0.29, 0.717) is 5.11 Å². The van der Waals surface area contributed by atoms with Crippen molar-refractivity contribution in [3.63, 3.8) is 0 Å². The number of hydrogen-bond donors (Lipinski definition) is 2. The molecule has 2 N–H and O–H groups in total. The SMILES string of the molecule is CCC(C)(C)NC(=S)Nc1cc(OC)cc(OC)c1. The standard InChI is InChI=1S/C14H22N2O2S/c1-6-14(2,3)16-13(19)15-10-7-11(17-4)9-12(8-10)18-5/h7-9H,6H2,1-5H3,(H2,15,16,19). The van der Waals surface area contributed by atoms with Crippen LogP contribution in [0, 0.1) is 0 Å². The van der Waals surface area contributed by atoms with Crippen LogP contribution in [0.4, 0.5) is 5.69 Å². The van der Waals surface area contributed by atoms with Crippen LogP contribution in [-0.2, 0) is 0 Å². The smallest absolute Gasteiger partial charge is 0.171 e. The van der Waals surface area contributed by atoms with Gasteiger partial charge in [-0.15, -0.1) is 0 Å². The minimum Gasteiger partial charge on any atom is -0.497 e. The highest BCUT2D eigenvalue weighted by Gasteiger charge is 2.15. The van der Waals surface area contributed by atoms with Crippen molar-refractivity contribution >= 4 is 23.0 Å². The summed E-state index contributed by atoms with van der Waals surface area (Å²) < 4.78 is 10.4. The van der Waals surface area contributed by atoms with Gasteiger partial charge in [-0.2, -0.15) is 0 Å². The summed E-state index contributed by atoms with van der Waals surface area (Å²) in [6, 6.07) is 5.56. The molecule has 0 aliphatic rings. The number of hydrogen-bond acceptors (Lipinski definition) is 3. The van der Waals surface area contributed by atoms with Gasteiger partial charge in [-0.3, -0.25) is 0 Å². The lowest BCUT2D eigenvalue weighted by molar-refractivity contribution is 0.395. The largest absolute Gasteiger partial charge is 0.497 e. The number of benzene rings is 1. The van der Waals surface area contributed by atoms with E-state index >= 15 is 0 Å². The molecule has 0 saturated carbocycles. The van der Waals surface area contributed by atoms with Crippen LogP contribution in [0.5, 0.6) is 11.5 Å². The van der Waals surface area contributed by atoms with Crippen molar-refractivity contribution in [1.82, 2.24) is 5.32 Å². The highest BCUT2D eigenvalue weighted by molar-refractivity contribution is 7.80. The van der Waals surface area contributed by atoms with E-state index in [1.54, 1.807) is 14.2 Å². The minimum absolute atomic E-state index is 0.0347. The van der Waals surface area contributed by atoms with E-state index in [1.807, 2.05) is 18.2 Å². The Balaban J connectivity index is 2.79. The van der Waals surface area contributed by atoms with Crippen LogP contribution >= 0.6 is 12.2 Å². The van der Waals surface area contributed by atoms with E-state index in [9.17, 15) is 0 Å². The number of nitrogens with one attached hydrogen (secondary N) is 2. The Morgan fingerprint density at radius 3 is 2.11 bits per heavy atom. The average Bonchev–Trinajstić information content (AvgIpc) is 2.37. The van der Waals surface area contributed by atoms with Gasteiger partial charge in [0.15, 0.2) is 5.11 Å². The molecular formula is C14H22N2O2S. The second-order valence-electron chi connectivity index (χ2n) is 4.92. The van der Waals surface area contributed by atoms with Gasteiger partial charge in [0.25, 0.3) is 0 Å². The average molecular weight is 282 g/mol. The molecular weight excluding hydrogens is 260 g/mol. The van der Waals surface area contributed by atoms with Crippen molar-refractivity contribution in [3.8, 4) is 11.5 Å². The lowest BCUT2D eigenvalue weighted by atomic mass is 10.0. The summed E-state index contributed by atoms with van der Waals surface area (Å²) in [4.78, 5) is 0. The number of methoxy groups -OCH3 is 2. The summed E-state index contributed by atoms with van der Waals surface area (Å²) >= 11 is 5.31. The number of thiocarbonyl (C=S) groups is 1. The fourth-order valence-electron chi connectivity index (χ4n) is 1.44. The fourth-order valence-corrected chi connectivity index (χ4v) is 1.83. The van der Waals surface area contributed by atoms with Gasteiger partial charge in [0.05, 0.1) is 14.2 Å². The van der Waals surface area contributed by atoms with Gasteiger partial charge < -0.3 is 20.1 Å². The maximum absolute atomic E-state index is 5.31. The third kappa shape index (κ3) is 4.95. The number of anilines is 1. The summed E-state index contributed by atoms with van der Waals surface area (Å²) in [5.41, 5.74) is 0.799. The predicted molar refractivity (Wildman–Crippen MR) is 83.3 cm³/mol. The summed E-state index contributed by atoms with van der Waals surface area (Å²) in [5, 5.41) is 7.00. The lowest BCUT2D eigenvalue weighted by Crippen LogP contribution is -2.44.